The zero-order valence-electron chi connectivity index (χ0n) is 40.7. The minimum atomic E-state index is -1.71. The molecule has 0 bridgehead atoms. The van der Waals surface area contributed by atoms with Crippen LogP contribution in [0.4, 0.5) is 5.69 Å². The normalized spacial score (nSPS) is 31.4. The van der Waals surface area contributed by atoms with Crippen LogP contribution in [0.5, 0.6) is 0 Å². The summed E-state index contributed by atoms with van der Waals surface area (Å²) in [4.78, 5) is 54.7. The Bertz CT molecular complexity index is 2490. The molecule has 2 aliphatic carbocycles. The molecule has 398 valence electrons. The number of carboxylic acid groups (broad SMARTS) is 1. The number of hydrogen-bond acceptors (Lipinski definition) is 18. The molecule has 2 aromatic carbocycles. The molecule has 4 aromatic rings. The summed E-state index contributed by atoms with van der Waals surface area (Å²) in [5.74, 6) is -3.86. The maximum atomic E-state index is 14.1. The van der Waals surface area contributed by atoms with Gasteiger partial charge in [0.1, 0.15) is 42.3 Å². The van der Waals surface area contributed by atoms with Crippen molar-refractivity contribution in [2.45, 2.75) is 171 Å². The van der Waals surface area contributed by atoms with Crippen molar-refractivity contribution < 1.29 is 78.4 Å². The second-order valence-corrected chi connectivity index (χ2v) is 19.8. The fraction of sp³-hybridized carbons (Fsp3) is 0.620. The van der Waals surface area contributed by atoms with Gasteiger partial charge in [0.25, 0.3) is 5.69 Å². The molecule has 0 unspecified atom stereocenters. The van der Waals surface area contributed by atoms with Crippen molar-refractivity contribution in [1.29, 1.82) is 0 Å². The Kier molecular flexibility index (Phi) is 17.9. The summed E-state index contributed by atoms with van der Waals surface area (Å²) in [6.45, 7) is 3.01. The third-order valence-electron chi connectivity index (χ3n) is 14.6. The number of carboxylic acids is 1. The number of benzene rings is 2. The van der Waals surface area contributed by atoms with Gasteiger partial charge in [-0.15, -0.1) is 5.10 Å². The van der Waals surface area contributed by atoms with Crippen molar-refractivity contribution in [3.8, 4) is 0 Å². The molecule has 4 fully saturated rings. The summed E-state index contributed by atoms with van der Waals surface area (Å²) in [5, 5.41) is 88.4. The van der Waals surface area contributed by atoms with Crippen LogP contribution in [0, 0.1) is 27.9 Å². The molecule has 8 rings (SSSR count). The standard InChI is InChI=1S/C50H66N6O17/c1-26-18-31(46(62)52-23-32-24-55(54-53-32)17-9-14-30-22-51-35-21-33(56(66)67)15-16-34(30)35)20-36(43(26)73-49-42(61)41(60)39(58)27(2)68-49)70-50-45(72-48(65)29-12-7-4-8-13-29)44(40(59)38(25-57)71-50)69-37(47(63)64)19-28-10-5-3-6-11-28/h4,7-8,12-13,15-16,21-22,24,26-28,31,36-45,49-51,57-61H,3,5-6,9-11,14,17-20,23,25H2,1-2H3,(H,52,62)(H,63,64)/t26-,27-,31+,36+,37-,38+,39+,40-,41+,42-,43+,44-,45+,49-,50+/m0/s1. The van der Waals surface area contributed by atoms with Gasteiger partial charge in [-0.2, -0.15) is 0 Å². The fourth-order valence-electron chi connectivity index (χ4n) is 10.6. The van der Waals surface area contributed by atoms with E-state index in [1.165, 1.54) is 31.2 Å². The number of aliphatic carboxylic acids is 1. The molecule has 4 aliphatic rings. The summed E-state index contributed by atoms with van der Waals surface area (Å²) >= 11 is 0. The first kappa shape index (κ1) is 53.8. The summed E-state index contributed by atoms with van der Waals surface area (Å²) in [5.41, 5.74) is 2.25. The average molecular weight is 1020 g/mol. The van der Waals surface area contributed by atoms with Gasteiger partial charge in [0, 0.05) is 36.2 Å². The lowest BCUT2D eigenvalue weighted by Gasteiger charge is -2.48. The van der Waals surface area contributed by atoms with Crippen molar-refractivity contribution in [3.05, 3.63) is 87.9 Å². The lowest BCUT2D eigenvalue weighted by molar-refractivity contribution is -0.384. The zero-order chi connectivity index (χ0) is 51.9. The van der Waals surface area contributed by atoms with Crippen LogP contribution in [0.1, 0.15) is 93.3 Å². The average Bonchev–Trinajstić information content (AvgIpc) is 4.03. The number of carbonyl (C=O) groups is 3. The fourth-order valence-corrected chi connectivity index (χ4v) is 10.6. The van der Waals surface area contributed by atoms with Crippen LogP contribution >= 0.6 is 0 Å². The minimum Gasteiger partial charge on any atom is -0.479 e. The SMILES string of the molecule is C[C@@H]1O[C@@H](O[C@@H]2[C@@H](C)C[C@@H](C(=O)NCc3cn(CCCc4c[nH]c5cc([N+](=O)[O-])ccc45)nn3)C[C@H]2O[C@@H]2O[C@H](CO)[C@H](O)[C@H](O[C@@H](CC3CCCCC3)C(=O)O)[C@H]2OC(=O)c2ccccc2)[C@@H](O)[C@H](O)[C@@H]1O. The Hall–Kier alpha value is -5.47. The number of ether oxygens (including phenoxy) is 6. The summed E-state index contributed by atoms with van der Waals surface area (Å²) < 4.78 is 39.1. The molecule has 23 heteroatoms. The number of non-ortho nitro benzene ring substituents is 1. The highest BCUT2D eigenvalue weighted by Crippen LogP contribution is 2.39. The Morgan fingerprint density at radius 3 is 2.42 bits per heavy atom. The molecule has 2 saturated heterocycles. The number of nitro benzene ring substituents is 1. The number of amides is 1. The van der Waals surface area contributed by atoms with E-state index in [1.807, 2.05) is 6.20 Å². The van der Waals surface area contributed by atoms with Gasteiger partial charge in [0.15, 0.2) is 24.8 Å². The Balaban J connectivity index is 1.00. The van der Waals surface area contributed by atoms with Crippen molar-refractivity contribution in [2.24, 2.45) is 17.8 Å². The minimum absolute atomic E-state index is 0.00138. The van der Waals surface area contributed by atoms with E-state index in [2.05, 4.69) is 20.6 Å². The van der Waals surface area contributed by atoms with E-state index in [9.17, 15) is 55.1 Å². The van der Waals surface area contributed by atoms with Crippen molar-refractivity contribution >= 4 is 34.4 Å². The molecule has 1 amide bonds. The lowest BCUT2D eigenvalue weighted by Crippen LogP contribution is -2.64. The second kappa shape index (κ2) is 24.3. The highest BCUT2D eigenvalue weighted by molar-refractivity contribution is 5.89. The number of nitro groups is 1. The van der Waals surface area contributed by atoms with Crippen molar-refractivity contribution in [2.75, 3.05) is 6.61 Å². The number of rotatable bonds is 20. The monoisotopic (exact) mass is 1020 g/mol. The molecule has 23 nitrogen and oxygen atoms in total. The lowest BCUT2D eigenvalue weighted by atomic mass is 9.77. The van der Waals surface area contributed by atoms with Crippen LogP contribution in [0.15, 0.2) is 60.9 Å². The molecule has 73 heavy (non-hydrogen) atoms. The highest BCUT2D eigenvalue weighted by atomic mass is 16.7. The van der Waals surface area contributed by atoms with Gasteiger partial charge < -0.3 is 69.4 Å². The van der Waals surface area contributed by atoms with Crippen LogP contribution < -0.4 is 5.32 Å². The third kappa shape index (κ3) is 12.9. The van der Waals surface area contributed by atoms with Gasteiger partial charge in [-0.05, 0) is 74.6 Å². The van der Waals surface area contributed by atoms with Crippen LogP contribution in [-0.2, 0) is 57.5 Å². The van der Waals surface area contributed by atoms with E-state index < -0.39 is 115 Å². The number of nitrogens with zero attached hydrogens (tertiary/aromatic N) is 4. The van der Waals surface area contributed by atoms with Crippen molar-refractivity contribution in [1.82, 2.24) is 25.3 Å². The largest absolute Gasteiger partial charge is 0.479 e. The molecular weight excluding hydrogens is 957 g/mol. The van der Waals surface area contributed by atoms with E-state index >= 15 is 0 Å². The van der Waals surface area contributed by atoms with Gasteiger partial charge in [0.2, 0.25) is 5.91 Å². The Morgan fingerprint density at radius 2 is 1.70 bits per heavy atom. The second-order valence-electron chi connectivity index (χ2n) is 19.8. The maximum absolute atomic E-state index is 14.1. The van der Waals surface area contributed by atoms with E-state index in [1.54, 1.807) is 42.1 Å². The topological polar surface area (TPSA) is 330 Å². The van der Waals surface area contributed by atoms with Gasteiger partial charge in [-0.25, -0.2) is 9.59 Å². The quantitative estimate of drug-likeness (QED) is 0.0358. The number of esters is 1. The van der Waals surface area contributed by atoms with Gasteiger partial charge in [-0.3, -0.25) is 19.6 Å². The predicted molar refractivity (Wildman–Crippen MR) is 254 cm³/mol. The smallest absolute Gasteiger partial charge is 0.338 e. The molecule has 2 saturated carbocycles. The molecule has 2 aliphatic heterocycles. The highest BCUT2D eigenvalue weighted by Gasteiger charge is 2.54. The number of aliphatic hydroxyl groups excluding tert-OH is 5. The molecule has 2 aromatic heterocycles. The van der Waals surface area contributed by atoms with E-state index in [-0.39, 0.29) is 48.9 Å². The van der Waals surface area contributed by atoms with Crippen LogP contribution in [0.25, 0.3) is 10.9 Å². The first-order valence-electron chi connectivity index (χ1n) is 25.1. The van der Waals surface area contributed by atoms with Crippen LogP contribution in [-0.4, -0.2) is 160 Å². The predicted octanol–water partition coefficient (Wildman–Crippen LogP) is 2.67. The van der Waals surface area contributed by atoms with E-state index in [0.29, 0.717) is 30.6 Å². The first-order chi connectivity index (χ1) is 35.1. The number of hydrogen-bond donors (Lipinski definition) is 8. The molecule has 0 spiro atoms. The number of aromatic amines is 1. The third-order valence-corrected chi connectivity index (χ3v) is 14.6. The van der Waals surface area contributed by atoms with Crippen LogP contribution in [0.3, 0.4) is 0 Å². The number of aryl methyl sites for hydroxylation is 2. The molecule has 8 N–H and O–H groups in total. The number of carbonyl (C=O) groups excluding carboxylic acids is 2. The van der Waals surface area contributed by atoms with Gasteiger partial charge in [-0.1, -0.05) is 62.4 Å². The van der Waals surface area contributed by atoms with Crippen molar-refractivity contribution in [3.63, 3.8) is 0 Å². The number of aliphatic hydroxyl groups is 5. The van der Waals surface area contributed by atoms with E-state index in [4.69, 9.17) is 28.4 Å². The molecular formula is C50H66N6O17. The zero-order valence-corrected chi connectivity index (χ0v) is 40.7. The molecule has 15 atom stereocenters. The Labute approximate surface area is 420 Å². The van der Waals surface area contributed by atoms with Gasteiger partial charge >= 0.3 is 11.9 Å². The number of aromatic nitrogens is 4. The molecule has 4 heterocycles. The summed E-state index contributed by atoms with van der Waals surface area (Å²) in [6.07, 6.45) is -9.37. The number of H-pyrrole nitrogens is 1. The summed E-state index contributed by atoms with van der Waals surface area (Å²) in [6, 6.07) is 12.6. The van der Waals surface area contributed by atoms with E-state index in [0.717, 1.165) is 43.1 Å². The van der Waals surface area contributed by atoms with Crippen LogP contribution in [0.2, 0.25) is 0 Å². The summed E-state index contributed by atoms with van der Waals surface area (Å²) in [7, 11) is 0. The maximum Gasteiger partial charge on any atom is 0.338 e. The number of nitrogens with one attached hydrogen (secondary N) is 2. The first-order valence-corrected chi connectivity index (χ1v) is 25.1. The molecule has 0 radical (unpaired) electrons. The number of fused-ring (bicyclic) bond motifs is 1. The van der Waals surface area contributed by atoms with Gasteiger partial charge in [0.05, 0.1) is 53.7 Å². The Morgan fingerprint density at radius 1 is 0.932 bits per heavy atom.